The molecule has 4 saturated carbocycles. The van der Waals surface area contributed by atoms with Gasteiger partial charge in [0, 0.05) is 6.07 Å². The van der Waals surface area contributed by atoms with Gasteiger partial charge in [0.2, 0.25) is 5.56 Å². The minimum atomic E-state index is -0.0410. The van der Waals surface area contributed by atoms with Gasteiger partial charge in [0.15, 0.2) is 0 Å². The number of pyridine rings is 1. The molecule has 0 aliphatic heterocycles. The van der Waals surface area contributed by atoms with E-state index >= 15 is 0 Å². The van der Waals surface area contributed by atoms with Gasteiger partial charge in [-0.05, 0) is 73.3 Å². The Labute approximate surface area is 107 Å². The van der Waals surface area contributed by atoms with Gasteiger partial charge in [0.25, 0.3) is 0 Å². The average molecular weight is 244 g/mol. The van der Waals surface area contributed by atoms with E-state index in [1.54, 1.807) is 6.07 Å². The molecule has 96 valence electrons. The zero-order valence-electron chi connectivity index (χ0n) is 10.6. The highest BCUT2D eigenvalue weighted by molar-refractivity contribution is 5.38. The van der Waals surface area contributed by atoms with Crippen LogP contribution in [-0.2, 0) is 5.41 Å². The first-order valence-electron chi connectivity index (χ1n) is 7.13. The van der Waals surface area contributed by atoms with Crippen molar-refractivity contribution in [2.24, 2.45) is 17.8 Å². The summed E-state index contributed by atoms with van der Waals surface area (Å²) in [7, 11) is 0. The van der Waals surface area contributed by atoms with Crippen molar-refractivity contribution in [1.29, 1.82) is 0 Å². The minimum absolute atomic E-state index is 0.0410. The number of aromatic amines is 1. The highest BCUT2D eigenvalue weighted by Gasteiger charge is 2.51. The van der Waals surface area contributed by atoms with Crippen molar-refractivity contribution in [3.05, 3.63) is 28.0 Å². The number of rotatable bonds is 1. The molecule has 4 aliphatic carbocycles. The maximum atomic E-state index is 11.7. The van der Waals surface area contributed by atoms with Crippen LogP contribution in [0.2, 0.25) is 0 Å². The summed E-state index contributed by atoms with van der Waals surface area (Å²) in [6.45, 7) is 0. The molecule has 3 N–H and O–H groups in total. The molecule has 0 aromatic carbocycles. The Morgan fingerprint density at radius 3 is 2.11 bits per heavy atom. The Bertz CT molecular complexity index is 510. The van der Waals surface area contributed by atoms with Crippen LogP contribution in [0.15, 0.2) is 16.9 Å². The molecule has 0 unspecified atom stereocenters. The van der Waals surface area contributed by atoms with Crippen LogP contribution in [0.25, 0.3) is 0 Å². The number of anilines is 1. The second-order valence-corrected chi connectivity index (χ2v) is 6.89. The standard InChI is InChI=1S/C15H20N2O/c16-13-4-12(5-14(18)17-13)15-6-9-1-10(7-15)3-11(2-9)8-15/h4-5,9-11H,1-3,6-8H2,(H3,16,17,18). The molecular formula is C15H20N2O. The van der Waals surface area contributed by atoms with Crippen LogP contribution >= 0.6 is 0 Å². The number of hydrogen-bond donors (Lipinski definition) is 2. The van der Waals surface area contributed by atoms with Crippen LogP contribution in [0.1, 0.15) is 44.1 Å². The largest absolute Gasteiger partial charge is 0.385 e. The predicted molar refractivity (Wildman–Crippen MR) is 71.3 cm³/mol. The summed E-state index contributed by atoms with van der Waals surface area (Å²) in [5, 5.41) is 0. The number of nitrogen functional groups attached to an aromatic ring is 1. The monoisotopic (exact) mass is 244 g/mol. The van der Waals surface area contributed by atoms with Crippen LogP contribution in [-0.4, -0.2) is 4.98 Å². The molecule has 0 saturated heterocycles. The third-order valence-electron chi connectivity index (χ3n) is 5.52. The normalized spacial score (nSPS) is 41.2. The zero-order chi connectivity index (χ0) is 12.3. The fourth-order valence-electron chi connectivity index (χ4n) is 5.34. The molecule has 4 aliphatic rings. The van der Waals surface area contributed by atoms with Crippen molar-refractivity contribution in [2.45, 2.75) is 43.9 Å². The van der Waals surface area contributed by atoms with E-state index in [-0.39, 0.29) is 11.0 Å². The second kappa shape index (κ2) is 3.40. The van der Waals surface area contributed by atoms with E-state index in [0.717, 1.165) is 17.8 Å². The first-order chi connectivity index (χ1) is 8.63. The van der Waals surface area contributed by atoms with Crippen LogP contribution in [0.4, 0.5) is 5.82 Å². The average Bonchev–Trinajstić information content (AvgIpc) is 2.25. The van der Waals surface area contributed by atoms with Crippen LogP contribution in [0.5, 0.6) is 0 Å². The van der Waals surface area contributed by atoms with E-state index in [4.69, 9.17) is 5.73 Å². The smallest absolute Gasteiger partial charge is 0.249 e. The zero-order valence-corrected chi connectivity index (χ0v) is 10.6. The molecule has 3 nitrogen and oxygen atoms in total. The summed E-state index contributed by atoms with van der Waals surface area (Å²) in [6, 6.07) is 3.80. The molecule has 0 radical (unpaired) electrons. The van der Waals surface area contributed by atoms with Crippen LogP contribution in [0, 0.1) is 17.8 Å². The van der Waals surface area contributed by atoms with E-state index in [9.17, 15) is 4.79 Å². The van der Waals surface area contributed by atoms with Crippen LogP contribution in [0.3, 0.4) is 0 Å². The molecule has 0 atom stereocenters. The summed E-state index contributed by atoms with van der Waals surface area (Å²) in [4.78, 5) is 14.3. The van der Waals surface area contributed by atoms with E-state index in [1.807, 2.05) is 6.07 Å². The van der Waals surface area contributed by atoms with Crippen molar-refractivity contribution in [3.63, 3.8) is 0 Å². The van der Waals surface area contributed by atoms with E-state index in [1.165, 1.54) is 44.1 Å². The molecule has 3 heteroatoms. The lowest BCUT2D eigenvalue weighted by Gasteiger charge is -2.57. The molecule has 1 heterocycles. The van der Waals surface area contributed by atoms with Crippen molar-refractivity contribution in [3.8, 4) is 0 Å². The van der Waals surface area contributed by atoms with Crippen molar-refractivity contribution < 1.29 is 0 Å². The second-order valence-electron chi connectivity index (χ2n) is 6.89. The number of nitrogens with two attached hydrogens (primary N) is 1. The Balaban J connectivity index is 1.81. The number of hydrogen-bond acceptors (Lipinski definition) is 2. The summed E-state index contributed by atoms with van der Waals surface area (Å²) in [5.74, 6) is 3.22. The Kier molecular flexibility index (Phi) is 2.01. The molecule has 0 amide bonds. The van der Waals surface area contributed by atoms with Gasteiger partial charge in [-0.2, -0.15) is 0 Å². The van der Waals surface area contributed by atoms with Gasteiger partial charge in [-0.15, -0.1) is 0 Å². The lowest BCUT2D eigenvalue weighted by molar-refractivity contribution is -0.00523. The first kappa shape index (κ1) is 10.7. The van der Waals surface area contributed by atoms with Gasteiger partial charge in [0.1, 0.15) is 5.82 Å². The van der Waals surface area contributed by atoms with Crippen molar-refractivity contribution in [1.82, 2.24) is 4.98 Å². The lowest BCUT2D eigenvalue weighted by atomic mass is 9.48. The van der Waals surface area contributed by atoms with E-state index < -0.39 is 0 Å². The Hall–Kier alpha value is -1.25. The van der Waals surface area contributed by atoms with Gasteiger partial charge in [-0.25, -0.2) is 0 Å². The van der Waals surface area contributed by atoms with Crippen molar-refractivity contribution >= 4 is 5.82 Å². The third-order valence-corrected chi connectivity index (χ3v) is 5.52. The third kappa shape index (κ3) is 1.46. The van der Waals surface area contributed by atoms with Gasteiger partial charge in [-0.3, -0.25) is 4.79 Å². The highest BCUT2D eigenvalue weighted by atomic mass is 16.1. The van der Waals surface area contributed by atoms with Gasteiger partial charge in [-0.1, -0.05) is 0 Å². The molecular weight excluding hydrogens is 224 g/mol. The molecule has 5 rings (SSSR count). The van der Waals surface area contributed by atoms with Gasteiger partial charge < -0.3 is 10.7 Å². The molecule has 0 spiro atoms. The van der Waals surface area contributed by atoms with Gasteiger partial charge in [0.05, 0.1) is 0 Å². The fraction of sp³-hybridized carbons (Fsp3) is 0.667. The van der Waals surface area contributed by atoms with Crippen molar-refractivity contribution in [2.75, 3.05) is 5.73 Å². The summed E-state index contributed by atoms with van der Waals surface area (Å²) < 4.78 is 0. The highest BCUT2D eigenvalue weighted by Crippen LogP contribution is 2.60. The van der Waals surface area contributed by atoms with E-state index in [2.05, 4.69) is 4.98 Å². The maximum absolute atomic E-state index is 11.7. The van der Waals surface area contributed by atoms with Gasteiger partial charge >= 0.3 is 0 Å². The summed E-state index contributed by atoms with van der Waals surface area (Å²) in [6.07, 6.45) is 8.12. The van der Waals surface area contributed by atoms with Crippen LogP contribution < -0.4 is 11.3 Å². The number of H-pyrrole nitrogens is 1. The van der Waals surface area contributed by atoms with E-state index in [0.29, 0.717) is 5.82 Å². The predicted octanol–water partition coefficient (Wildman–Crippen LogP) is 2.42. The molecule has 1 aromatic rings. The fourth-order valence-corrected chi connectivity index (χ4v) is 5.34. The maximum Gasteiger partial charge on any atom is 0.249 e. The molecule has 1 aromatic heterocycles. The molecule has 18 heavy (non-hydrogen) atoms. The molecule has 4 bridgehead atoms. The quantitative estimate of drug-likeness (QED) is 0.797. The number of aromatic nitrogens is 1. The summed E-state index contributed by atoms with van der Waals surface area (Å²) >= 11 is 0. The minimum Gasteiger partial charge on any atom is -0.385 e. The first-order valence-corrected chi connectivity index (χ1v) is 7.13. The lowest BCUT2D eigenvalue weighted by Crippen LogP contribution is -2.48. The Morgan fingerprint density at radius 2 is 1.61 bits per heavy atom. The number of nitrogens with one attached hydrogen (secondary N) is 1. The Morgan fingerprint density at radius 1 is 1.06 bits per heavy atom. The topological polar surface area (TPSA) is 58.9 Å². The SMILES string of the molecule is Nc1cc(C23CC4CC(CC(C4)C2)C3)cc(=O)[nH]1. The molecule has 4 fully saturated rings. The summed E-state index contributed by atoms with van der Waals surface area (Å²) in [5.41, 5.74) is 7.27.